The summed E-state index contributed by atoms with van der Waals surface area (Å²) in [6.45, 7) is 2.01. The van der Waals surface area contributed by atoms with Gasteiger partial charge in [0.15, 0.2) is 0 Å². The highest BCUT2D eigenvalue weighted by atomic mass is 32.2. The summed E-state index contributed by atoms with van der Waals surface area (Å²) >= 11 is 0. The summed E-state index contributed by atoms with van der Waals surface area (Å²) in [6, 6.07) is 6.92. The van der Waals surface area contributed by atoms with Gasteiger partial charge in [0.1, 0.15) is 0 Å². The average Bonchev–Trinajstić information content (AvgIpc) is 2.26. The molecule has 0 aliphatic heterocycles. The summed E-state index contributed by atoms with van der Waals surface area (Å²) < 4.78 is 30.5. The van der Waals surface area contributed by atoms with E-state index in [1.54, 1.807) is 18.2 Å². The Labute approximate surface area is 102 Å². The normalized spacial score (nSPS) is 13.4. The molecule has 0 radical (unpaired) electrons. The van der Waals surface area contributed by atoms with Crippen LogP contribution in [0.25, 0.3) is 0 Å². The van der Waals surface area contributed by atoms with Crippen molar-refractivity contribution in [3.05, 3.63) is 29.8 Å². The summed E-state index contributed by atoms with van der Waals surface area (Å²) in [5.41, 5.74) is 7.14. The number of methoxy groups -OCH3 is 1. The van der Waals surface area contributed by atoms with Crippen molar-refractivity contribution in [1.82, 2.24) is 0 Å². The van der Waals surface area contributed by atoms with E-state index in [0.717, 1.165) is 5.56 Å². The van der Waals surface area contributed by atoms with E-state index in [9.17, 15) is 8.42 Å². The van der Waals surface area contributed by atoms with Crippen LogP contribution in [-0.4, -0.2) is 27.9 Å². The molecule has 0 saturated carbocycles. The number of sulfonamides is 1. The van der Waals surface area contributed by atoms with Crippen molar-refractivity contribution in [2.45, 2.75) is 13.0 Å². The molecule has 1 unspecified atom stereocenters. The lowest BCUT2D eigenvalue weighted by Crippen LogP contribution is -2.19. The standard InChI is InChI=1S/C11H18N2O3S/c1-9(12)10-4-3-5-11(8-10)13-17(14,15)7-6-16-2/h3-5,8-9,13H,6-7,12H2,1-2H3. The summed E-state index contributed by atoms with van der Waals surface area (Å²) in [5, 5.41) is 0. The Kier molecular flexibility index (Phi) is 4.92. The predicted molar refractivity (Wildman–Crippen MR) is 68.3 cm³/mol. The van der Waals surface area contributed by atoms with E-state index >= 15 is 0 Å². The number of rotatable bonds is 6. The highest BCUT2D eigenvalue weighted by molar-refractivity contribution is 7.92. The lowest BCUT2D eigenvalue weighted by Gasteiger charge is -2.10. The zero-order valence-electron chi connectivity index (χ0n) is 10.0. The number of hydrogen-bond acceptors (Lipinski definition) is 4. The molecule has 1 rings (SSSR count). The molecule has 1 aromatic rings. The molecule has 0 spiro atoms. The molecule has 0 saturated heterocycles. The Balaban J connectivity index is 2.78. The van der Waals surface area contributed by atoms with Gasteiger partial charge < -0.3 is 10.5 Å². The summed E-state index contributed by atoms with van der Waals surface area (Å²) in [4.78, 5) is 0. The minimum Gasteiger partial charge on any atom is -0.384 e. The Hall–Kier alpha value is -1.11. The number of anilines is 1. The molecule has 0 heterocycles. The molecular formula is C11H18N2O3S. The van der Waals surface area contributed by atoms with E-state index < -0.39 is 10.0 Å². The van der Waals surface area contributed by atoms with Crippen molar-refractivity contribution in [1.29, 1.82) is 0 Å². The lowest BCUT2D eigenvalue weighted by molar-refractivity contribution is 0.217. The van der Waals surface area contributed by atoms with E-state index in [1.165, 1.54) is 7.11 Å². The molecule has 1 atom stereocenters. The molecule has 0 amide bonds. The maximum absolute atomic E-state index is 11.6. The molecule has 0 bridgehead atoms. The molecule has 5 nitrogen and oxygen atoms in total. The van der Waals surface area contributed by atoms with Crippen LogP contribution in [0.15, 0.2) is 24.3 Å². The quantitative estimate of drug-likeness (QED) is 0.800. The summed E-state index contributed by atoms with van der Waals surface area (Å²) in [7, 11) is -1.89. The number of ether oxygens (including phenoxy) is 1. The van der Waals surface area contributed by atoms with Gasteiger partial charge in [-0.15, -0.1) is 0 Å². The van der Waals surface area contributed by atoms with Crippen molar-refractivity contribution in [3.8, 4) is 0 Å². The van der Waals surface area contributed by atoms with Gasteiger partial charge in [0.25, 0.3) is 0 Å². The van der Waals surface area contributed by atoms with Crippen LogP contribution in [0.2, 0.25) is 0 Å². The summed E-state index contributed by atoms with van der Waals surface area (Å²) in [5.74, 6) is -0.0636. The average molecular weight is 258 g/mol. The van der Waals surface area contributed by atoms with Gasteiger partial charge in [-0.05, 0) is 24.6 Å². The van der Waals surface area contributed by atoms with Gasteiger partial charge in [0.2, 0.25) is 10.0 Å². The van der Waals surface area contributed by atoms with E-state index in [1.807, 2.05) is 13.0 Å². The lowest BCUT2D eigenvalue weighted by atomic mass is 10.1. The number of hydrogen-bond donors (Lipinski definition) is 2. The van der Waals surface area contributed by atoms with Crippen LogP contribution in [0, 0.1) is 0 Å². The predicted octanol–water partition coefficient (Wildman–Crippen LogP) is 1.09. The fraction of sp³-hybridized carbons (Fsp3) is 0.455. The van der Waals surface area contributed by atoms with E-state index in [0.29, 0.717) is 5.69 Å². The van der Waals surface area contributed by atoms with E-state index in [2.05, 4.69) is 4.72 Å². The maximum Gasteiger partial charge on any atom is 0.234 e. The Morgan fingerprint density at radius 3 is 2.76 bits per heavy atom. The van der Waals surface area contributed by atoms with Crippen molar-refractivity contribution in [2.75, 3.05) is 24.2 Å². The molecule has 0 aliphatic carbocycles. The third-order valence-corrected chi connectivity index (χ3v) is 3.49. The number of nitrogens with one attached hydrogen (secondary N) is 1. The van der Waals surface area contributed by atoms with Crippen LogP contribution in [0.4, 0.5) is 5.69 Å². The first-order valence-electron chi connectivity index (χ1n) is 5.29. The minimum absolute atomic E-state index is 0.0636. The first-order chi connectivity index (χ1) is 7.94. The van der Waals surface area contributed by atoms with Crippen LogP contribution >= 0.6 is 0 Å². The van der Waals surface area contributed by atoms with Crippen molar-refractivity contribution in [3.63, 3.8) is 0 Å². The molecule has 0 aliphatic rings. The Morgan fingerprint density at radius 2 is 2.18 bits per heavy atom. The van der Waals surface area contributed by atoms with Gasteiger partial charge in [-0.1, -0.05) is 12.1 Å². The minimum atomic E-state index is -3.36. The number of nitrogens with two attached hydrogens (primary N) is 1. The third-order valence-electron chi connectivity index (χ3n) is 2.24. The van der Waals surface area contributed by atoms with Crippen molar-refractivity contribution >= 4 is 15.7 Å². The second kappa shape index (κ2) is 6.00. The second-order valence-electron chi connectivity index (χ2n) is 3.83. The van der Waals surface area contributed by atoms with Crippen LogP contribution in [0.5, 0.6) is 0 Å². The van der Waals surface area contributed by atoms with E-state index in [4.69, 9.17) is 10.5 Å². The molecule has 96 valence electrons. The van der Waals surface area contributed by atoms with Gasteiger partial charge in [0.05, 0.1) is 12.4 Å². The second-order valence-corrected chi connectivity index (χ2v) is 5.67. The first kappa shape index (κ1) is 14.0. The zero-order chi connectivity index (χ0) is 12.9. The van der Waals surface area contributed by atoms with Crippen LogP contribution in [0.3, 0.4) is 0 Å². The monoisotopic (exact) mass is 258 g/mol. The molecule has 3 N–H and O–H groups in total. The maximum atomic E-state index is 11.6. The third kappa shape index (κ3) is 4.72. The van der Waals surface area contributed by atoms with Gasteiger partial charge in [-0.2, -0.15) is 0 Å². The molecule has 0 aromatic heterocycles. The summed E-state index contributed by atoms with van der Waals surface area (Å²) in [6.07, 6.45) is 0. The number of benzene rings is 1. The zero-order valence-corrected chi connectivity index (χ0v) is 10.8. The topological polar surface area (TPSA) is 81.4 Å². The highest BCUT2D eigenvalue weighted by Crippen LogP contribution is 2.16. The van der Waals surface area contributed by atoms with Crippen LogP contribution in [-0.2, 0) is 14.8 Å². The van der Waals surface area contributed by atoms with E-state index in [-0.39, 0.29) is 18.4 Å². The fourth-order valence-electron chi connectivity index (χ4n) is 1.31. The molecule has 6 heteroatoms. The first-order valence-corrected chi connectivity index (χ1v) is 6.95. The molecular weight excluding hydrogens is 240 g/mol. The van der Waals surface area contributed by atoms with Crippen LogP contribution in [0.1, 0.15) is 18.5 Å². The Morgan fingerprint density at radius 1 is 1.47 bits per heavy atom. The fourth-order valence-corrected chi connectivity index (χ4v) is 2.28. The van der Waals surface area contributed by atoms with Crippen molar-refractivity contribution < 1.29 is 13.2 Å². The molecule has 0 fully saturated rings. The Bertz CT molecular complexity index is 458. The largest absolute Gasteiger partial charge is 0.384 e. The molecule has 1 aromatic carbocycles. The van der Waals surface area contributed by atoms with Gasteiger partial charge in [-0.3, -0.25) is 4.72 Å². The smallest absolute Gasteiger partial charge is 0.234 e. The highest BCUT2D eigenvalue weighted by Gasteiger charge is 2.10. The van der Waals surface area contributed by atoms with Gasteiger partial charge in [-0.25, -0.2) is 8.42 Å². The molecule has 17 heavy (non-hydrogen) atoms. The van der Waals surface area contributed by atoms with Crippen molar-refractivity contribution in [2.24, 2.45) is 5.73 Å². The van der Waals surface area contributed by atoms with Gasteiger partial charge in [0, 0.05) is 18.8 Å². The van der Waals surface area contributed by atoms with Crippen LogP contribution < -0.4 is 10.5 Å². The SMILES string of the molecule is COCCS(=O)(=O)Nc1cccc(C(C)N)c1. The van der Waals surface area contributed by atoms with Gasteiger partial charge >= 0.3 is 0 Å².